The van der Waals surface area contributed by atoms with Gasteiger partial charge in [0.25, 0.3) is 20.2 Å². The monoisotopic (exact) mass is 817 g/mol. The summed E-state index contributed by atoms with van der Waals surface area (Å²) in [4.78, 5) is 40.3. The Labute approximate surface area is 319 Å². The van der Waals surface area contributed by atoms with Crippen LogP contribution in [0.25, 0.3) is 44.4 Å². The summed E-state index contributed by atoms with van der Waals surface area (Å²) in [5.74, 6) is -1.74. The van der Waals surface area contributed by atoms with Crippen molar-refractivity contribution in [2.45, 2.75) is 80.1 Å². The average molecular weight is 818 g/mol. The van der Waals surface area contributed by atoms with E-state index in [0.717, 1.165) is 74.2 Å². The molecule has 0 unspecified atom stereocenters. The largest absolute Gasteiger partial charge is 0.481 e. The molecule has 6 N–H and O–H groups in total. The van der Waals surface area contributed by atoms with Gasteiger partial charge in [0, 0.05) is 51.7 Å². The maximum absolute atomic E-state index is 11.5. The zero-order valence-corrected chi connectivity index (χ0v) is 33.5. The van der Waals surface area contributed by atoms with Crippen LogP contribution in [0, 0.1) is 13.8 Å². The molecule has 0 amide bonds. The van der Waals surface area contributed by atoms with E-state index in [1.807, 2.05) is 26.0 Å². The van der Waals surface area contributed by atoms with Crippen molar-refractivity contribution in [1.82, 2.24) is 19.9 Å². The van der Waals surface area contributed by atoms with Crippen LogP contribution in [0.2, 0.25) is 0 Å². The number of allylic oxidation sites excluding steroid dienone is 4. The van der Waals surface area contributed by atoms with E-state index in [0.29, 0.717) is 36.7 Å². The molecule has 0 saturated heterocycles. The van der Waals surface area contributed by atoms with Crippen LogP contribution < -0.4 is 0 Å². The van der Waals surface area contributed by atoms with E-state index in [1.54, 1.807) is 0 Å². The minimum Gasteiger partial charge on any atom is -0.481 e. The third-order valence-electron chi connectivity index (χ3n) is 8.69. The number of carboxylic acid groups (broad SMARTS) is 2. The van der Waals surface area contributed by atoms with Crippen molar-refractivity contribution in [2.75, 3.05) is 12.5 Å². The summed E-state index contributed by atoms with van der Waals surface area (Å²) in [7, 11) is -7.33. The molecule has 3 aromatic heterocycles. The molecule has 17 heteroatoms. The fourth-order valence-electron chi connectivity index (χ4n) is 6.22. The normalized spacial score (nSPS) is 12.7. The SMILES string of the molecule is CCc1c(C)c2cc3[nH]c(cc4nc(cc5nc(cc1[nH]2)C(C)=C5CCC(=O)O)C(CCC(=O)O)=C4C)c(C)c3CC.CS(=O)(=O)O.CS(=O)(=O)O.[Co]. The first-order valence-electron chi connectivity index (χ1n) is 16.4. The number of fused-ring (bicyclic) bond motifs is 8. The molecule has 53 heavy (non-hydrogen) atoms. The smallest absolute Gasteiger partial charge is 0.303 e. The van der Waals surface area contributed by atoms with Crippen LogP contribution in [0.4, 0.5) is 0 Å². The second-order valence-corrected chi connectivity index (χ2v) is 15.6. The van der Waals surface area contributed by atoms with Crippen LogP contribution in [-0.2, 0) is 59.4 Å². The molecule has 8 bridgehead atoms. The van der Waals surface area contributed by atoms with Gasteiger partial charge < -0.3 is 20.2 Å². The number of rotatable bonds is 8. The molecule has 291 valence electrons. The number of hydrogen-bond donors (Lipinski definition) is 6. The summed E-state index contributed by atoms with van der Waals surface area (Å²) < 4.78 is 51.7. The summed E-state index contributed by atoms with van der Waals surface area (Å²) in [5.41, 5.74) is 15.4. The van der Waals surface area contributed by atoms with Gasteiger partial charge in [0.2, 0.25) is 0 Å². The Morgan fingerprint density at radius 1 is 0.604 bits per heavy atom. The molecule has 0 fully saturated rings. The Balaban J connectivity index is 0.000000783. The van der Waals surface area contributed by atoms with E-state index >= 15 is 0 Å². The molecule has 2 aliphatic rings. The number of aliphatic carboxylic acids is 2. The molecule has 14 nitrogen and oxygen atoms in total. The summed E-state index contributed by atoms with van der Waals surface area (Å²) in [5, 5.41) is 18.9. The zero-order valence-electron chi connectivity index (χ0n) is 30.8. The predicted molar refractivity (Wildman–Crippen MR) is 203 cm³/mol. The van der Waals surface area contributed by atoms with Crippen molar-refractivity contribution in [3.05, 3.63) is 69.3 Å². The molecular weight excluding hydrogens is 771 g/mol. The fourth-order valence-corrected chi connectivity index (χ4v) is 6.22. The van der Waals surface area contributed by atoms with Crippen molar-refractivity contribution in [3.8, 4) is 0 Å². The predicted octanol–water partition coefficient (Wildman–Crippen LogP) is 6.65. The number of nitrogens with one attached hydrogen (secondary N) is 2. The molecule has 0 aliphatic carbocycles. The van der Waals surface area contributed by atoms with Gasteiger partial charge in [-0.2, -0.15) is 16.8 Å². The molecule has 1 radical (unpaired) electrons. The molecule has 0 saturated carbocycles. The Morgan fingerprint density at radius 3 is 1.26 bits per heavy atom. The van der Waals surface area contributed by atoms with E-state index in [2.05, 4.69) is 49.8 Å². The molecule has 0 atom stereocenters. The van der Waals surface area contributed by atoms with E-state index in [-0.39, 0.29) is 29.6 Å². The van der Waals surface area contributed by atoms with E-state index in [4.69, 9.17) is 19.1 Å². The maximum atomic E-state index is 11.5. The third kappa shape index (κ3) is 12.5. The van der Waals surface area contributed by atoms with E-state index in [1.165, 1.54) is 16.7 Å². The Bertz CT molecular complexity index is 2310. The Hall–Kier alpha value is -4.13. The van der Waals surface area contributed by atoms with Crippen LogP contribution in [0.15, 0.2) is 24.3 Å². The van der Waals surface area contributed by atoms with Crippen LogP contribution in [0.3, 0.4) is 0 Å². The number of carboxylic acids is 2. The summed E-state index contributed by atoms with van der Waals surface area (Å²) in [6, 6.07) is 8.19. The summed E-state index contributed by atoms with van der Waals surface area (Å²) >= 11 is 0. The van der Waals surface area contributed by atoms with E-state index in [9.17, 15) is 36.6 Å². The Morgan fingerprint density at radius 2 is 0.925 bits per heavy atom. The quantitative estimate of drug-likeness (QED) is 0.131. The molecule has 2 aliphatic heterocycles. The Kier molecular flexibility index (Phi) is 15.5. The van der Waals surface area contributed by atoms with Gasteiger partial charge in [-0.15, -0.1) is 0 Å². The zero-order chi connectivity index (χ0) is 39.3. The number of aromatic nitrogens is 4. The number of hydrogen-bond acceptors (Lipinski definition) is 8. The molecular formula is C36H46CoN4O10S2. The first-order valence-corrected chi connectivity index (χ1v) is 20.1. The second kappa shape index (κ2) is 18.3. The summed E-state index contributed by atoms with van der Waals surface area (Å²) in [6.07, 6.45) is 3.80. The minimum atomic E-state index is -3.67. The van der Waals surface area contributed by atoms with Gasteiger partial charge in [-0.25, -0.2) is 9.97 Å². The number of carbonyl (C=O) groups is 2. The summed E-state index contributed by atoms with van der Waals surface area (Å²) in [6.45, 7) is 12.5. The van der Waals surface area contributed by atoms with Gasteiger partial charge in [0.05, 0.1) is 35.3 Å². The molecule has 5 heterocycles. The average Bonchev–Trinajstić information content (AvgIpc) is 3.66. The van der Waals surface area contributed by atoms with Crippen molar-refractivity contribution in [1.29, 1.82) is 0 Å². The number of nitrogens with zero attached hydrogens (tertiary/aromatic N) is 2. The van der Waals surface area contributed by atoms with Gasteiger partial charge in [0.1, 0.15) is 0 Å². The number of aromatic amines is 2. The van der Waals surface area contributed by atoms with Gasteiger partial charge >= 0.3 is 11.9 Å². The maximum Gasteiger partial charge on any atom is 0.303 e. The van der Waals surface area contributed by atoms with Crippen molar-refractivity contribution in [3.63, 3.8) is 0 Å². The van der Waals surface area contributed by atoms with Crippen LogP contribution in [0.1, 0.15) is 98.4 Å². The molecule has 0 spiro atoms. The van der Waals surface area contributed by atoms with Crippen LogP contribution in [-0.4, -0.2) is 80.5 Å². The second-order valence-electron chi connectivity index (χ2n) is 12.6. The van der Waals surface area contributed by atoms with E-state index < -0.39 is 32.2 Å². The number of H-pyrrole nitrogens is 2. The van der Waals surface area contributed by atoms with Gasteiger partial charge in [-0.1, -0.05) is 13.8 Å². The first-order chi connectivity index (χ1) is 24.0. The van der Waals surface area contributed by atoms with Crippen molar-refractivity contribution >= 4 is 76.5 Å². The van der Waals surface area contributed by atoms with Crippen LogP contribution in [0.5, 0.6) is 0 Å². The third-order valence-corrected chi connectivity index (χ3v) is 8.69. The molecule has 3 aromatic rings. The number of aryl methyl sites for hydroxylation is 4. The van der Waals surface area contributed by atoms with Gasteiger partial charge in [-0.3, -0.25) is 18.7 Å². The molecule has 5 rings (SSSR count). The van der Waals surface area contributed by atoms with Crippen molar-refractivity contribution in [2.24, 2.45) is 0 Å². The topological polar surface area (TPSA) is 241 Å². The standard InChI is InChI=1S/C34H38N4O4.2CH4O3S.Co/c1-7-21-17(3)25-13-26-19(5)23(9-11-33(39)40)31(37-26)16-32-24(10-12-34(41)42)20(6)28(38-32)15-30-22(8-2)18(4)27(36-30)14-29(21)35-25;2*1-5(2,3)4;/h13-16,35-36H,7-12H2,1-6H3,(H,39,40)(H,41,42);2*1H3,(H,2,3,4);. The minimum absolute atomic E-state index is 0. The van der Waals surface area contributed by atoms with Gasteiger partial charge in [-0.05, 0) is 122 Å². The fraction of sp³-hybridized carbons (Fsp3) is 0.389. The first kappa shape index (κ1) is 45.0. The molecule has 0 aromatic carbocycles. The van der Waals surface area contributed by atoms with Crippen molar-refractivity contribution < 1.29 is 62.5 Å². The van der Waals surface area contributed by atoms with Crippen LogP contribution >= 0.6 is 0 Å². The van der Waals surface area contributed by atoms with Gasteiger partial charge in [0.15, 0.2) is 0 Å².